The highest BCUT2D eigenvalue weighted by Gasteiger charge is 2.27. The smallest absolute Gasteiger partial charge is 0.227 e. The predicted octanol–water partition coefficient (Wildman–Crippen LogP) is 4.09. The number of aromatic nitrogens is 2. The van der Waals surface area contributed by atoms with E-state index in [1.807, 2.05) is 77.7 Å². The molecule has 6 rings (SSSR count). The molecule has 2 saturated heterocycles. The van der Waals surface area contributed by atoms with E-state index in [0.29, 0.717) is 18.9 Å². The Labute approximate surface area is 222 Å². The average Bonchev–Trinajstić information content (AvgIpc) is 3.43. The van der Waals surface area contributed by atoms with Crippen molar-refractivity contribution in [2.75, 3.05) is 49.5 Å². The molecule has 2 fully saturated rings. The molecule has 3 aromatic carbocycles. The molecule has 8 nitrogen and oxygen atoms in total. The molecule has 0 aliphatic carbocycles. The number of hydrogen-bond acceptors (Lipinski definition) is 7. The van der Waals surface area contributed by atoms with Crippen LogP contribution in [-0.2, 0) is 11.2 Å². The second-order valence-electron chi connectivity index (χ2n) is 9.83. The first-order chi connectivity index (χ1) is 18.7. The molecule has 8 heteroatoms. The fraction of sp³-hybridized carbons (Fsp3) is 0.300. The van der Waals surface area contributed by atoms with Gasteiger partial charge in [0.1, 0.15) is 17.3 Å². The van der Waals surface area contributed by atoms with E-state index in [1.54, 1.807) is 0 Å². The number of rotatable bonds is 7. The van der Waals surface area contributed by atoms with Gasteiger partial charge in [-0.2, -0.15) is 4.98 Å². The molecule has 4 aromatic rings. The molecule has 2 aliphatic rings. The highest BCUT2D eigenvalue weighted by atomic mass is 16.5. The van der Waals surface area contributed by atoms with E-state index in [4.69, 9.17) is 14.7 Å². The van der Waals surface area contributed by atoms with Crippen LogP contribution in [0, 0.1) is 0 Å². The third kappa shape index (κ3) is 5.55. The van der Waals surface area contributed by atoms with Crippen LogP contribution in [0.25, 0.3) is 10.9 Å². The summed E-state index contributed by atoms with van der Waals surface area (Å²) in [6.45, 7) is 5.11. The van der Waals surface area contributed by atoms with Crippen LogP contribution in [0.2, 0.25) is 0 Å². The maximum atomic E-state index is 13.0. The van der Waals surface area contributed by atoms with Gasteiger partial charge in [-0.1, -0.05) is 42.5 Å². The van der Waals surface area contributed by atoms with Gasteiger partial charge in [0.05, 0.1) is 11.9 Å². The zero-order valence-electron chi connectivity index (χ0n) is 21.3. The van der Waals surface area contributed by atoms with Crippen LogP contribution in [0.4, 0.5) is 11.8 Å². The molecule has 194 valence electrons. The number of benzene rings is 3. The summed E-state index contributed by atoms with van der Waals surface area (Å²) in [7, 11) is 0. The Morgan fingerprint density at radius 1 is 0.895 bits per heavy atom. The molecule has 1 aromatic heterocycles. The van der Waals surface area contributed by atoms with E-state index in [-0.39, 0.29) is 11.9 Å². The summed E-state index contributed by atoms with van der Waals surface area (Å²) in [4.78, 5) is 27.0. The summed E-state index contributed by atoms with van der Waals surface area (Å²) in [5.74, 6) is 3.29. The fourth-order valence-electron chi connectivity index (χ4n) is 5.12. The van der Waals surface area contributed by atoms with Crippen LogP contribution in [0.5, 0.6) is 11.5 Å². The molecule has 0 saturated carbocycles. The molecular weight excluding hydrogens is 476 g/mol. The number of carbonyl (C=O) groups is 1. The summed E-state index contributed by atoms with van der Waals surface area (Å²) in [6, 6.07) is 25.7. The minimum Gasteiger partial charge on any atom is -0.457 e. The summed E-state index contributed by atoms with van der Waals surface area (Å²) in [6.07, 6.45) is 1.24. The van der Waals surface area contributed by atoms with Gasteiger partial charge >= 0.3 is 0 Å². The summed E-state index contributed by atoms with van der Waals surface area (Å²) in [5, 5.41) is 8.00. The number of likely N-dealkylation sites (tertiary alicyclic amines) is 1. The molecule has 0 spiro atoms. The first-order valence-corrected chi connectivity index (χ1v) is 13.3. The third-order valence-electron chi connectivity index (χ3n) is 7.13. The van der Waals surface area contributed by atoms with Gasteiger partial charge in [0.2, 0.25) is 11.9 Å². The van der Waals surface area contributed by atoms with Crippen molar-refractivity contribution in [3.05, 3.63) is 84.4 Å². The van der Waals surface area contributed by atoms with Crippen LogP contribution in [0.3, 0.4) is 0 Å². The van der Waals surface area contributed by atoms with Gasteiger partial charge in [-0.3, -0.25) is 4.79 Å². The lowest BCUT2D eigenvalue weighted by Crippen LogP contribution is -2.44. The number of carbonyl (C=O) groups excluding carboxylic acids is 1. The predicted molar refractivity (Wildman–Crippen MR) is 150 cm³/mol. The number of hydrogen-bond donors (Lipinski definition) is 2. The van der Waals surface area contributed by atoms with Crippen molar-refractivity contribution in [2.24, 2.45) is 0 Å². The summed E-state index contributed by atoms with van der Waals surface area (Å²) >= 11 is 0. The number of nitrogens with zero attached hydrogens (tertiary/aromatic N) is 4. The van der Waals surface area contributed by atoms with Gasteiger partial charge in [-0.15, -0.1) is 0 Å². The van der Waals surface area contributed by atoms with E-state index >= 15 is 0 Å². The van der Waals surface area contributed by atoms with Crippen molar-refractivity contribution >= 4 is 28.6 Å². The number of anilines is 2. The molecule has 1 amide bonds. The number of ether oxygens (including phenoxy) is 1. The van der Waals surface area contributed by atoms with Gasteiger partial charge in [0, 0.05) is 50.7 Å². The van der Waals surface area contributed by atoms with Gasteiger partial charge in [-0.25, -0.2) is 4.98 Å². The van der Waals surface area contributed by atoms with Gasteiger partial charge in [-0.05, 0) is 48.4 Å². The minimum atomic E-state index is 0.123. The van der Waals surface area contributed by atoms with Gasteiger partial charge in [0.15, 0.2) is 0 Å². The molecule has 1 atom stereocenters. The third-order valence-corrected chi connectivity index (χ3v) is 7.13. The number of amides is 1. The van der Waals surface area contributed by atoms with Crippen molar-refractivity contribution in [2.45, 2.75) is 18.9 Å². The van der Waals surface area contributed by atoms with Crippen LogP contribution >= 0.6 is 0 Å². The van der Waals surface area contributed by atoms with E-state index in [2.05, 4.69) is 21.6 Å². The van der Waals surface area contributed by atoms with Crippen LogP contribution in [-0.4, -0.2) is 66.1 Å². The maximum absolute atomic E-state index is 13.0. The summed E-state index contributed by atoms with van der Waals surface area (Å²) < 4.78 is 5.86. The zero-order chi connectivity index (χ0) is 25.7. The molecule has 0 bridgehead atoms. The Kier molecular flexibility index (Phi) is 7.04. The second-order valence-corrected chi connectivity index (χ2v) is 9.83. The van der Waals surface area contributed by atoms with Gasteiger partial charge in [0.25, 0.3) is 0 Å². The first kappa shape index (κ1) is 24.2. The summed E-state index contributed by atoms with van der Waals surface area (Å²) in [5.41, 5.74) is 1.91. The highest BCUT2D eigenvalue weighted by molar-refractivity contribution is 5.90. The van der Waals surface area contributed by atoms with Crippen LogP contribution < -0.4 is 20.3 Å². The molecule has 0 unspecified atom stereocenters. The van der Waals surface area contributed by atoms with Crippen molar-refractivity contribution in [3.8, 4) is 11.5 Å². The van der Waals surface area contributed by atoms with Crippen molar-refractivity contribution in [1.82, 2.24) is 20.2 Å². The molecule has 3 heterocycles. The Morgan fingerprint density at radius 3 is 2.45 bits per heavy atom. The second kappa shape index (κ2) is 11.1. The number of fused-ring (bicyclic) bond motifs is 1. The van der Waals surface area contributed by atoms with Crippen molar-refractivity contribution in [3.63, 3.8) is 0 Å². The zero-order valence-corrected chi connectivity index (χ0v) is 21.3. The lowest BCUT2D eigenvalue weighted by atomic mass is 10.1. The first-order valence-electron chi connectivity index (χ1n) is 13.3. The molecule has 2 aliphatic heterocycles. The van der Waals surface area contributed by atoms with E-state index in [9.17, 15) is 4.79 Å². The van der Waals surface area contributed by atoms with Crippen LogP contribution in [0.15, 0.2) is 78.9 Å². The number of nitrogens with one attached hydrogen (secondary N) is 2. The Bertz CT molecular complexity index is 1390. The number of para-hydroxylation sites is 2. The molecule has 38 heavy (non-hydrogen) atoms. The monoisotopic (exact) mass is 508 g/mol. The van der Waals surface area contributed by atoms with Crippen LogP contribution in [0.1, 0.15) is 12.0 Å². The lowest BCUT2D eigenvalue weighted by Gasteiger charge is -2.29. The van der Waals surface area contributed by atoms with Crippen molar-refractivity contribution < 1.29 is 9.53 Å². The largest absolute Gasteiger partial charge is 0.457 e. The lowest BCUT2D eigenvalue weighted by molar-refractivity contribution is -0.129. The minimum absolute atomic E-state index is 0.123. The average molecular weight is 509 g/mol. The number of piperazine rings is 1. The topological polar surface area (TPSA) is 82.6 Å². The Morgan fingerprint density at radius 2 is 1.63 bits per heavy atom. The van der Waals surface area contributed by atoms with E-state index in [0.717, 1.165) is 72.9 Å². The molecular formula is C30H32N6O2. The van der Waals surface area contributed by atoms with Crippen molar-refractivity contribution in [1.29, 1.82) is 0 Å². The quantitative estimate of drug-likeness (QED) is 0.389. The fourth-order valence-corrected chi connectivity index (χ4v) is 5.12. The SMILES string of the molecule is O=C(Cc1ccc(Oc2ccccc2)cc1)N1CC[C@H](Nc2nc(N3CCNCC3)c3ccccc3n2)C1. The maximum Gasteiger partial charge on any atom is 0.227 e. The molecule has 0 radical (unpaired) electrons. The van der Waals surface area contributed by atoms with Gasteiger partial charge < -0.3 is 25.2 Å². The molecule has 2 N–H and O–H groups in total. The highest BCUT2D eigenvalue weighted by Crippen LogP contribution is 2.27. The Hall–Kier alpha value is -4.17. The van der Waals surface area contributed by atoms with E-state index in [1.165, 1.54) is 0 Å². The Balaban J connectivity index is 1.08. The standard InChI is InChI=1S/C30H32N6O2/c37-28(20-22-10-12-25(13-11-22)38-24-6-2-1-3-7-24)36-17-14-23(21-36)32-30-33-27-9-5-4-8-26(27)29(34-30)35-18-15-31-16-19-35/h1-13,23,31H,14-21H2,(H,32,33,34)/t23-/m0/s1. The normalized spacial score (nSPS) is 17.5. The van der Waals surface area contributed by atoms with E-state index < -0.39 is 0 Å².